The molecule has 3 aromatic carbocycles. The predicted molar refractivity (Wildman–Crippen MR) is 103 cm³/mol. The molecule has 0 bridgehead atoms. The van der Waals surface area contributed by atoms with Crippen LogP contribution in [0.5, 0.6) is 5.75 Å². The van der Waals surface area contributed by atoms with E-state index in [-0.39, 0.29) is 6.04 Å². The van der Waals surface area contributed by atoms with Gasteiger partial charge in [0.2, 0.25) is 6.23 Å². The van der Waals surface area contributed by atoms with Gasteiger partial charge in [0.05, 0.1) is 17.3 Å². The summed E-state index contributed by atoms with van der Waals surface area (Å²) < 4.78 is 45.0. The van der Waals surface area contributed by atoms with Crippen LogP contribution in [-0.2, 0) is 6.18 Å². The van der Waals surface area contributed by atoms with Gasteiger partial charge < -0.3 is 4.74 Å². The molecule has 0 radical (unpaired) electrons. The summed E-state index contributed by atoms with van der Waals surface area (Å²) in [6, 6.07) is 22.8. The molecule has 0 unspecified atom stereocenters. The standard InChI is InChI=1S/C23H17F3N2O/c24-23(25,26)17-12-10-16(11-13-17)22-28-20(18-8-4-5-9-21(18)29-22)14-19(27-28)15-6-2-1-3-7-15/h1-13,20,22H,14H2/t20-,22-/m1/s1. The Kier molecular flexibility index (Phi) is 4.08. The summed E-state index contributed by atoms with van der Waals surface area (Å²) >= 11 is 0. The third-order valence-corrected chi connectivity index (χ3v) is 5.33. The lowest BCUT2D eigenvalue weighted by Crippen LogP contribution is -2.33. The second kappa shape index (κ2) is 6.65. The summed E-state index contributed by atoms with van der Waals surface area (Å²) in [6.45, 7) is 0. The highest BCUT2D eigenvalue weighted by atomic mass is 19.4. The van der Waals surface area contributed by atoms with Crippen molar-refractivity contribution in [2.45, 2.75) is 24.9 Å². The van der Waals surface area contributed by atoms with Crippen LogP contribution in [0.4, 0.5) is 13.2 Å². The second-order valence-electron chi connectivity index (χ2n) is 7.14. The Morgan fingerprint density at radius 3 is 2.28 bits per heavy atom. The zero-order chi connectivity index (χ0) is 20.0. The normalized spacial score (nSPS) is 20.5. The maximum absolute atomic E-state index is 12.9. The highest BCUT2D eigenvalue weighted by molar-refractivity contribution is 6.01. The molecule has 3 nitrogen and oxygen atoms in total. The van der Waals surface area contributed by atoms with E-state index in [2.05, 4.69) is 0 Å². The SMILES string of the molecule is FC(F)(F)c1ccc([C@H]2Oc3ccccc3[C@H]3CC(c4ccccc4)=NN32)cc1. The summed E-state index contributed by atoms with van der Waals surface area (Å²) in [4.78, 5) is 0. The largest absolute Gasteiger partial charge is 0.464 e. The maximum atomic E-state index is 12.9. The van der Waals surface area contributed by atoms with Crippen molar-refractivity contribution in [2.75, 3.05) is 0 Å². The monoisotopic (exact) mass is 394 g/mol. The molecular weight excluding hydrogens is 377 g/mol. The zero-order valence-corrected chi connectivity index (χ0v) is 15.3. The number of benzene rings is 3. The lowest BCUT2D eigenvalue weighted by Gasteiger charge is -2.38. The molecule has 2 aliphatic heterocycles. The van der Waals surface area contributed by atoms with E-state index < -0.39 is 18.0 Å². The average Bonchev–Trinajstić information content (AvgIpc) is 3.19. The molecule has 29 heavy (non-hydrogen) atoms. The van der Waals surface area contributed by atoms with E-state index >= 15 is 0 Å². The number of alkyl halides is 3. The summed E-state index contributed by atoms with van der Waals surface area (Å²) in [5, 5.41) is 6.68. The highest BCUT2D eigenvalue weighted by Gasteiger charge is 2.41. The molecule has 2 heterocycles. The van der Waals surface area contributed by atoms with Gasteiger partial charge in [0, 0.05) is 17.5 Å². The first-order chi connectivity index (χ1) is 14.0. The third kappa shape index (κ3) is 3.14. The smallest absolute Gasteiger partial charge is 0.416 e. The van der Waals surface area contributed by atoms with Crippen LogP contribution >= 0.6 is 0 Å². The fourth-order valence-corrected chi connectivity index (χ4v) is 3.90. The van der Waals surface area contributed by atoms with Crippen molar-refractivity contribution in [1.29, 1.82) is 0 Å². The third-order valence-electron chi connectivity index (χ3n) is 5.33. The fraction of sp³-hybridized carbons (Fsp3) is 0.174. The number of hydrogen-bond acceptors (Lipinski definition) is 3. The Labute approximate surface area is 166 Å². The topological polar surface area (TPSA) is 24.8 Å². The van der Waals surface area contributed by atoms with Crippen LogP contribution in [0.1, 0.15) is 40.9 Å². The van der Waals surface area contributed by atoms with E-state index in [1.807, 2.05) is 59.6 Å². The molecular formula is C23H17F3N2O. The van der Waals surface area contributed by atoms with Gasteiger partial charge in [-0.25, -0.2) is 5.01 Å². The molecule has 0 spiro atoms. The van der Waals surface area contributed by atoms with Crippen molar-refractivity contribution in [2.24, 2.45) is 5.10 Å². The lowest BCUT2D eigenvalue weighted by atomic mass is 9.96. The number of para-hydroxylation sites is 1. The van der Waals surface area contributed by atoms with E-state index in [0.29, 0.717) is 12.0 Å². The minimum atomic E-state index is -4.37. The molecule has 0 aromatic heterocycles. The minimum absolute atomic E-state index is 0.0255. The molecule has 0 fully saturated rings. The van der Waals surface area contributed by atoms with Crippen molar-refractivity contribution in [3.05, 3.63) is 101 Å². The molecule has 5 rings (SSSR count). The predicted octanol–water partition coefficient (Wildman–Crippen LogP) is 5.95. The van der Waals surface area contributed by atoms with Gasteiger partial charge in [-0.1, -0.05) is 60.7 Å². The Balaban J connectivity index is 1.56. The number of ether oxygens (including phenoxy) is 1. The molecule has 0 saturated carbocycles. The van der Waals surface area contributed by atoms with Crippen LogP contribution in [0.2, 0.25) is 0 Å². The van der Waals surface area contributed by atoms with Crippen molar-refractivity contribution < 1.29 is 17.9 Å². The van der Waals surface area contributed by atoms with Crippen LogP contribution in [0, 0.1) is 0 Å². The summed E-state index contributed by atoms with van der Waals surface area (Å²) in [5.41, 5.74) is 2.96. The number of hydrogen-bond donors (Lipinski definition) is 0. The quantitative estimate of drug-likeness (QED) is 0.537. The van der Waals surface area contributed by atoms with Gasteiger partial charge in [-0.05, 0) is 23.8 Å². The Bertz CT molecular complexity index is 1060. The van der Waals surface area contributed by atoms with Crippen LogP contribution in [0.15, 0.2) is 84.0 Å². The van der Waals surface area contributed by atoms with Gasteiger partial charge in [0.1, 0.15) is 5.75 Å². The summed E-state index contributed by atoms with van der Waals surface area (Å²) in [5.74, 6) is 0.739. The van der Waals surface area contributed by atoms with Crippen LogP contribution in [0.3, 0.4) is 0 Å². The number of fused-ring (bicyclic) bond motifs is 3. The lowest BCUT2D eigenvalue weighted by molar-refractivity contribution is -0.137. The Morgan fingerprint density at radius 2 is 1.55 bits per heavy atom. The Morgan fingerprint density at radius 1 is 0.862 bits per heavy atom. The number of halogens is 3. The highest BCUT2D eigenvalue weighted by Crippen LogP contribution is 2.47. The second-order valence-corrected chi connectivity index (χ2v) is 7.14. The van der Waals surface area contributed by atoms with E-state index in [1.165, 1.54) is 12.1 Å². The first-order valence-electron chi connectivity index (χ1n) is 9.35. The molecule has 2 atom stereocenters. The molecule has 0 amide bonds. The minimum Gasteiger partial charge on any atom is -0.464 e. The number of rotatable bonds is 2. The Hall–Kier alpha value is -3.28. The molecule has 146 valence electrons. The average molecular weight is 394 g/mol. The van der Waals surface area contributed by atoms with Crippen molar-refractivity contribution >= 4 is 5.71 Å². The molecule has 0 aliphatic carbocycles. The number of nitrogens with zero attached hydrogens (tertiary/aromatic N) is 2. The van der Waals surface area contributed by atoms with Gasteiger partial charge in [-0.3, -0.25) is 0 Å². The van der Waals surface area contributed by atoms with E-state index in [4.69, 9.17) is 9.84 Å². The first kappa shape index (κ1) is 17.8. The maximum Gasteiger partial charge on any atom is 0.416 e. The van der Waals surface area contributed by atoms with Crippen molar-refractivity contribution in [1.82, 2.24) is 5.01 Å². The van der Waals surface area contributed by atoms with Crippen LogP contribution < -0.4 is 4.74 Å². The fourth-order valence-electron chi connectivity index (χ4n) is 3.90. The molecule has 2 aliphatic rings. The van der Waals surface area contributed by atoms with E-state index in [0.717, 1.165) is 34.7 Å². The zero-order valence-electron chi connectivity index (χ0n) is 15.3. The van der Waals surface area contributed by atoms with Gasteiger partial charge in [0.15, 0.2) is 0 Å². The molecule has 0 saturated heterocycles. The van der Waals surface area contributed by atoms with E-state index in [1.54, 1.807) is 0 Å². The summed E-state index contributed by atoms with van der Waals surface area (Å²) in [7, 11) is 0. The van der Waals surface area contributed by atoms with E-state index in [9.17, 15) is 13.2 Å². The molecule has 0 N–H and O–H groups in total. The molecule has 3 aromatic rings. The van der Waals surface area contributed by atoms with Crippen LogP contribution in [-0.4, -0.2) is 10.7 Å². The van der Waals surface area contributed by atoms with Crippen LogP contribution in [0.25, 0.3) is 0 Å². The van der Waals surface area contributed by atoms with Crippen molar-refractivity contribution in [3.63, 3.8) is 0 Å². The van der Waals surface area contributed by atoms with Gasteiger partial charge >= 0.3 is 6.18 Å². The van der Waals surface area contributed by atoms with Gasteiger partial charge in [0.25, 0.3) is 0 Å². The van der Waals surface area contributed by atoms with Gasteiger partial charge in [-0.2, -0.15) is 18.3 Å². The number of hydrazone groups is 1. The summed E-state index contributed by atoms with van der Waals surface area (Å²) in [6.07, 6.45) is -4.24. The van der Waals surface area contributed by atoms with Crippen molar-refractivity contribution in [3.8, 4) is 5.75 Å². The molecule has 6 heteroatoms. The first-order valence-corrected chi connectivity index (χ1v) is 9.35. The van der Waals surface area contributed by atoms with Gasteiger partial charge in [-0.15, -0.1) is 0 Å².